The van der Waals surface area contributed by atoms with Crippen LogP contribution in [0.25, 0.3) is 0 Å². The Morgan fingerprint density at radius 3 is 2.78 bits per heavy atom. The van der Waals surface area contributed by atoms with Crippen LogP contribution >= 0.6 is 24.0 Å². The maximum absolute atomic E-state index is 10.7. The van der Waals surface area contributed by atoms with E-state index in [1.54, 1.807) is 14.2 Å². The van der Waals surface area contributed by atoms with Crippen LogP contribution in [0.3, 0.4) is 0 Å². The van der Waals surface area contributed by atoms with Gasteiger partial charge < -0.3 is 20.1 Å². The molecule has 0 amide bonds. The first-order chi connectivity index (χ1) is 12.6. The Balaban J connectivity index is 0.00000364. The SMILES string of the molecule is CCOc1ccc(NC(=NC)NCCn2cc([N+](=O)[O-])cn2)cc1OC.I. The van der Waals surface area contributed by atoms with Gasteiger partial charge in [0, 0.05) is 25.3 Å². The first kappa shape index (κ1) is 22.5. The first-order valence-corrected chi connectivity index (χ1v) is 8.02. The Kier molecular flexibility index (Phi) is 9.33. The molecule has 0 fully saturated rings. The fourth-order valence-corrected chi connectivity index (χ4v) is 2.19. The number of benzene rings is 1. The van der Waals surface area contributed by atoms with Gasteiger partial charge in [-0.15, -0.1) is 24.0 Å². The van der Waals surface area contributed by atoms with Crippen LogP contribution in [0.2, 0.25) is 0 Å². The first-order valence-electron chi connectivity index (χ1n) is 8.02. The molecule has 148 valence electrons. The van der Waals surface area contributed by atoms with Crippen molar-refractivity contribution < 1.29 is 14.4 Å². The number of guanidine groups is 1. The van der Waals surface area contributed by atoms with Gasteiger partial charge in [-0.2, -0.15) is 5.10 Å². The number of hydrogen-bond acceptors (Lipinski definition) is 6. The van der Waals surface area contributed by atoms with Crippen molar-refractivity contribution in [1.29, 1.82) is 0 Å². The number of halogens is 1. The lowest BCUT2D eigenvalue weighted by atomic mass is 10.2. The summed E-state index contributed by atoms with van der Waals surface area (Å²) < 4.78 is 12.3. The molecule has 2 rings (SSSR count). The summed E-state index contributed by atoms with van der Waals surface area (Å²) in [6.07, 6.45) is 2.61. The summed E-state index contributed by atoms with van der Waals surface area (Å²) in [4.78, 5) is 14.3. The third-order valence-corrected chi connectivity index (χ3v) is 3.41. The van der Waals surface area contributed by atoms with Crippen LogP contribution in [0.4, 0.5) is 11.4 Å². The van der Waals surface area contributed by atoms with Crippen molar-refractivity contribution in [2.24, 2.45) is 4.99 Å². The van der Waals surface area contributed by atoms with Crippen molar-refractivity contribution in [2.75, 3.05) is 32.6 Å². The second kappa shape index (κ2) is 11.2. The fourth-order valence-electron chi connectivity index (χ4n) is 2.19. The number of hydrogen-bond donors (Lipinski definition) is 2. The number of nitrogens with zero attached hydrogens (tertiary/aromatic N) is 4. The molecule has 0 saturated carbocycles. The molecule has 0 aliphatic rings. The molecule has 1 aromatic heterocycles. The number of ether oxygens (including phenoxy) is 2. The highest BCUT2D eigenvalue weighted by atomic mass is 127. The van der Waals surface area contributed by atoms with Gasteiger partial charge in [-0.25, -0.2) is 0 Å². The molecule has 2 N–H and O–H groups in total. The Morgan fingerprint density at radius 2 is 2.19 bits per heavy atom. The number of nitro groups is 1. The number of anilines is 1. The zero-order valence-corrected chi connectivity index (χ0v) is 17.7. The highest BCUT2D eigenvalue weighted by molar-refractivity contribution is 14.0. The van der Waals surface area contributed by atoms with E-state index < -0.39 is 4.92 Å². The van der Waals surface area contributed by atoms with Crippen LogP contribution in [0, 0.1) is 10.1 Å². The van der Waals surface area contributed by atoms with Crippen LogP contribution < -0.4 is 20.1 Å². The largest absolute Gasteiger partial charge is 0.493 e. The van der Waals surface area contributed by atoms with Crippen molar-refractivity contribution in [1.82, 2.24) is 15.1 Å². The standard InChI is InChI=1S/C16H22N6O4.HI/c1-4-26-14-6-5-12(9-15(14)25-3)20-16(17-2)18-7-8-21-11-13(10-19-21)22(23)24;/h5-6,9-11H,4,7-8H2,1-3H3,(H2,17,18,20);1H. The van der Waals surface area contributed by atoms with E-state index in [0.29, 0.717) is 37.2 Å². The number of nitrogens with one attached hydrogen (secondary N) is 2. The van der Waals surface area contributed by atoms with Gasteiger partial charge in [0.2, 0.25) is 0 Å². The smallest absolute Gasteiger partial charge is 0.306 e. The van der Waals surface area contributed by atoms with Gasteiger partial charge in [0.25, 0.3) is 0 Å². The summed E-state index contributed by atoms with van der Waals surface area (Å²) >= 11 is 0. The third-order valence-electron chi connectivity index (χ3n) is 3.41. The average Bonchev–Trinajstić information content (AvgIpc) is 3.11. The van der Waals surface area contributed by atoms with Gasteiger partial charge in [-0.05, 0) is 19.1 Å². The molecule has 27 heavy (non-hydrogen) atoms. The minimum atomic E-state index is -0.475. The van der Waals surface area contributed by atoms with Gasteiger partial charge >= 0.3 is 5.69 Å². The quantitative estimate of drug-likeness (QED) is 0.192. The van der Waals surface area contributed by atoms with Gasteiger partial charge in [0.05, 0.1) is 25.2 Å². The lowest BCUT2D eigenvalue weighted by Crippen LogP contribution is -2.33. The lowest BCUT2D eigenvalue weighted by molar-refractivity contribution is -0.385. The highest BCUT2D eigenvalue weighted by Gasteiger charge is 2.09. The fraction of sp³-hybridized carbons (Fsp3) is 0.375. The average molecular weight is 490 g/mol. The number of aromatic nitrogens is 2. The van der Waals surface area contributed by atoms with E-state index in [4.69, 9.17) is 9.47 Å². The molecular weight excluding hydrogens is 467 g/mol. The predicted molar refractivity (Wildman–Crippen MR) is 113 cm³/mol. The zero-order valence-electron chi connectivity index (χ0n) is 15.3. The summed E-state index contributed by atoms with van der Waals surface area (Å²) in [7, 11) is 3.23. The summed E-state index contributed by atoms with van der Waals surface area (Å²) in [5.74, 6) is 1.85. The molecule has 1 aromatic carbocycles. The van der Waals surface area contributed by atoms with Gasteiger partial charge in [0.15, 0.2) is 17.5 Å². The lowest BCUT2D eigenvalue weighted by Gasteiger charge is -2.14. The molecule has 2 aromatic rings. The molecule has 0 unspecified atom stereocenters. The van der Waals surface area contributed by atoms with Crippen molar-refractivity contribution in [3.8, 4) is 11.5 Å². The second-order valence-electron chi connectivity index (χ2n) is 5.14. The molecule has 0 bridgehead atoms. The van der Waals surface area contributed by atoms with E-state index in [0.717, 1.165) is 5.69 Å². The third kappa shape index (κ3) is 6.58. The van der Waals surface area contributed by atoms with Crippen molar-refractivity contribution >= 4 is 41.3 Å². The molecule has 0 atom stereocenters. The van der Waals surface area contributed by atoms with Gasteiger partial charge in [-0.1, -0.05) is 0 Å². The summed E-state index contributed by atoms with van der Waals surface area (Å²) in [6.45, 7) is 3.41. The summed E-state index contributed by atoms with van der Waals surface area (Å²) in [6, 6.07) is 5.49. The van der Waals surface area contributed by atoms with Crippen LogP contribution in [0.5, 0.6) is 11.5 Å². The van der Waals surface area contributed by atoms with Crippen LogP contribution in [-0.2, 0) is 6.54 Å². The molecule has 0 saturated heterocycles. The van der Waals surface area contributed by atoms with Crippen molar-refractivity contribution in [3.05, 3.63) is 40.7 Å². The molecule has 0 aliphatic heterocycles. The van der Waals surface area contributed by atoms with E-state index in [2.05, 4.69) is 20.7 Å². The van der Waals surface area contributed by atoms with E-state index in [9.17, 15) is 10.1 Å². The molecule has 10 nitrogen and oxygen atoms in total. The normalized spacial score (nSPS) is 10.7. The minimum absolute atomic E-state index is 0. The highest BCUT2D eigenvalue weighted by Crippen LogP contribution is 2.30. The van der Waals surface area contributed by atoms with Crippen LogP contribution in [-0.4, -0.2) is 48.0 Å². The molecule has 11 heteroatoms. The number of methoxy groups -OCH3 is 1. The van der Waals surface area contributed by atoms with Crippen molar-refractivity contribution in [2.45, 2.75) is 13.5 Å². The minimum Gasteiger partial charge on any atom is -0.493 e. The molecular formula is C16H23IN6O4. The summed E-state index contributed by atoms with van der Waals surface area (Å²) in [5, 5.41) is 20.9. The van der Waals surface area contributed by atoms with Crippen molar-refractivity contribution in [3.63, 3.8) is 0 Å². The number of rotatable bonds is 8. The van der Waals surface area contributed by atoms with E-state index >= 15 is 0 Å². The second-order valence-corrected chi connectivity index (χ2v) is 5.14. The maximum Gasteiger partial charge on any atom is 0.306 e. The topological polar surface area (TPSA) is 116 Å². The summed E-state index contributed by atoms with van der Waals surface area (Å²) in [5.41, 5.74) is 0.752. The molecule has 0 aliphatic carbocycles. The molecule has 0 radical (unpaired) electrons. The van der Waals surface area contributed by atoms with E-state index in [-0.39, 0.29) is 29.7 Å². The maximum atomic E-state index is 10.7. The van der Waals surface area contributed by atoms with Crippen LogP contribution in [0.15, 0.2) is 35.6 Å². The number of aliphatic imine (C=N–C) groups is 1. The predicted octanol–water partition coefficient (Wildman–Crippen LogP) is 2.50. The molecule has 0 spiro atoms. The molecule has 1 heterocycles. The van der Waals surface area contributed by atoms with E-state index in [1.807, 2.05) is 25.1 Å². The van der Waals surface area contributed by atoms with Gasteiger partial charge in [0.1, 0.15) is 12.4 Å². The zero-order chi connectivity index (χ0) is 18.9. The Morgan fingerprint density at radius 1 is 1.41 bits per heavy atom. The Labute approximate surface area is 174 Å². The Bertz CT molecular complexity index is 780. The Hall–Kier alpha value is -2.57. The monoisotopic (exact) mass is 490 g/mol. The van der Waals surface area contributed by atoms with Gasteiger partial charge in [-0.3, -0.25) is 19.8 Å². The van der Waals surface area contributed by atoms with Crippen LogP contribution in [0.1, 0.15) is 6.92 Å². The van der Waals surface area contributed by atoms with E-state index in [1.165, 1.54) is 17.1 Å².